The summed E-state index contributed by atoms with van der Waals surface area (Å²) in [6.45, 7) is 6.95. The van der Waals surface area contributed by atoms with Crippen LogP contribution in [0.15, 0.2) is 4.99 Å². The molecule has 0 amide bonds. The minimum absolute atomic E-state index is 0.0104. The van der Waals surface area contributed by atoms with Gasteiger partial charge in [-0.15, -0.1) is 5.92 Å². The average Bonchev–Trinajstić information content (AvgIpc) is 3.48. The molecule has 2 saturated heterocycles. The van der Waals surface area contributed by atoms with Gasteiger partial charge in [-0.2, -0.15) is 0 Å². The van der Waals surface area contributed by atoms with Crippen molar-refractivity contribution in [2.45, 2.75) is 132 Å². The first-order chi connectivity index (χ1) is 20.1. The number of hydrogen-bond donors (Lipinski definition) is 7. The van der Waals surface area contributed by atoms with E-state index < -0.39 is 18.0 Å². The number of rotatable bonds is 9. The zero-order valence-electron chi connectivity index (χ0n) is 25.7. The lowest BCUT2D eigenvalue weighted by Crippen LogP contribution is -3.16. The molecule has 0 aromatic rings. The summed E-state index contributed by atoms with van der Waals surface area (Å²) in [7, 11) is 0. The Balaban J connectivity index is 1.39. The summed E-state index contributed by atoms with van der Waals surface area (Å²) < 4.78 is 0. The third-order valence-corrected chi connectivity index (χ3v) is 10.3. The largest absolute Gasteiger partial charge is 0.550 e. The molecular weight excluding hydrogens is 534 g/mol. The monoisotopic (exact) mass is 589 g/mol. The minimum Gasteiger partial charge on any atom is -0.550 e. The normalized spacial score (nSPS) is 41.5. The van der Waals surface area contributed by atoms with Crippen LogP contribution in [0.4, 0.5) is 0 Å². The van der Waals surface area contributed by atoms with E-state index in [2.05, 4.69) is 46.6 Å². The fourth-order valence-corrected chi connectivity index (χ4v) is 7.58. The van der Waals surface area contributed by atoms with E-state index in [1.165, 1.54) is 4.90 Å². The van der Waals surface area contributed by atoms with Gasteiger partial charge in [0.05, 0.1) is 24.0 Å². The second-order valence-electron chi connectivity index (χ2n) is 14.0. The number of carbonyl (C=O) groups excluding carboxylic acids is 1. The predicted molar refractivity (Wildman–Crippen MR) is 161 cm³/mol. The number of aliphatic hydroxyl groups excluding tert-OH is 2. The van der Waals surface area contributed by atoms with Gasteiger partial charge in [0, 0.05) is 61.9 Å². The third kappa shape index (κ3) is 9.71. The molecule has 0 spiro atoms. The van der Waals surface area contributed by atoms with Gasteiger partial charge in [-0.05, 0) is 71.3 Å². The van der Waals surface area contributed by atoms with Crippen LogP contribution in [0.2, 0.25) is 0 Å². The van der Waals surface area contributed by atoms with E-state index in [0.717, 1.165) is 77.5 Å². The molecule has 0 aromatic heterocycles. The lowest BCUT2D eigenvalue weighted by molar-refractivity contribution is -0.914. The van der Waals surface area contributed by atoms with Crippen molar-refractivity contribution < 1.29 is 30.1 Å². The van der Waals surface area contributed by atoms with Crippen LogP contribution in [-0.2, 0) is 4.79 Å². The Morgan fingerprint density at radius 3 is 2.79 bits per heavy atom. The first-order valence-electron chi connectivity index (χ1n) is 16.3. The topological polar surface area (TPSA) is 154 Å². The summed E-state index contributed by atoms with van der Waals surface area (Å²) in [6, 6.07) is 1.03. The first-order valence-corrected chi connectivity index (χ1v) is 16.3. The summed E-state index contributed by atoms with van der Waals surface area (Å²) in [6.07, 6.45) is 10.2. The summed E-state index contributed by atoms with van der Waals surface area (Å²) in [4.78, 5) is 17.4. The summed E-state index contributed by atoms with van der Waals surface area (Å²) in [5.41, 5.74) is -1.63. The highest BCUT2D eigenvalue weighted by atomic mass is 16.4. The van der Waals surface area contributed by atoms with Crippen molar-refractivity contribution in [1.29, 1.82) is 0 Å². The summed E-state index contributed by atoms with van der Waals surface area (Å²) >= 11 is 0. The number of carboxylic acid groups (broad SMARTS) is 1. The zero-order chi connectivity index (χ0) is 30.2. The lowest BCUT2D eigenvalue weighted by Gasteiger charge is -2.42. The number of piperidine rings is 2. The van der Waals surface area contributed by atoms with Crippen molar-refractivity contribution in [1.82, 2.24) is 16.0 Å². The number of β-amino-alcohol motifs (C(OH)–C–C–N with tert-alkyl or cyclic N) is 1. The van der Waals surface area contributed by atoms with E-state index in [4.69, 9.17) is 0 Å². The molecule has 4 aliphatic heterocycles. The van der Waals surface area contributed by atoms with Crippen LogP contribution in [0, 0.1) is 23.7 Å². The van der Waals surface area contributed by atoms with Crippen molar-refractivity contribution in [3.63, 3.8) is 0 Å². The zero-order valence-corrected chi connectivity index (χ0v) is 25.7. The Morgan fingerprint density at radius 2 is 2.05 bits per heavy atom. The number of fused-ring (bicyclic) bond motifs is 2. The number of carboxylic acids is 1. The van der Waals surface area contributed by atoms with E-state index in [0.29, 0.717) is 24.9 Å². The molecule has 0 radical (unpaired) electrons. The molecule has 10 unspecified atom stereocenters. The maximum absolute atomic E-state index is 11.5. The minimum atomic E-state index is -1.42. The molecule has 4 rings (SSSR count). The summed E-state index contributed by atoms with van der Waals surface area (Å²) in [5, 5.41) is 54.4. The molecule has 10 heteroatoms. The molecule has 238 valence electrons. The van der Waals surface area contributed by atoms with Crippen LogP contribution >= 0.6 is 0 Å². The number of aliphatic carboxylic acids is 1. The molecule has 2 fully saturated rings. The van der Waals surface area contributed by atoms with E-state index in [1.54, 1.807) is 0 Å². The van der Waals surface area contributed by atoms with Crippen LogP contribution in [0.3, 0.4) is 0 Å². The van der Waals surface area contributed by atoms with Crippen molar-refractivity contribution in [2.24, 2.45) is 16.8 Å². The Labute approximate surface area is 252 Å². The first kappa shape index (κ1) is 33.3. The quantitative estimate of drug-likeness (QED) is 0.130. The van der Waals surface area contributed by atoms with Crippen LogP contribution in [-0.4, -0.2) is 102 Å². The van der Waals surface area contributed by atoms with Crippen molar-refractivity contribution in [3.05, 3.63) is 0 Å². The molecule has 4 heterocycles. The molecule has 7 N–H and O–H groups in total. The molecule has 42 heavy (non-hydrogen) atoms. The number of unbranched alkanes of at least 4 members (excludes halogenated alkanes) is 1. The molecule has 10 nitrogen and oxygen atoms in total. The van der Waals surface area contributed by atoms with Crippen molar-refractivity contribution in [3.8, 4) is 11.8 Å². The highest BCUT2D eigenvalue weighted by Gasteiger charge is 2.40. The molecule has 2 bridgehead atoms. The van der Waals surface area contributed by atoms with Crippen molar-refractivity contribution in [2.75, 3.05) is 32.9 Å². The number of nitrogens with one attached hydrogen (secondary N) is 4. The standard InChI is InChI=1S/C32H55N5O5/c1-23-29(39)17-28(37-15-14-33-22-37)27(36-23)9-4-3-6-24-7-5-8-26-18-31(2,12-13-34-26)35-21-32(42,19-30(40)41)11-10-25(16-24)20-38/h14,23-29,34-36,38-39,42H,3-4,6,8-13,15-22H2,1-2H3,(H,40,41). The number of hydrogen-bond acceptors (Lipinski definition) is 9. The average molecular weight is 590 g/mol. The van der Waals surface area contributed by atoms with Gasteiger partial charge in [-0.25, -0.2) is 4.99 Å². The number of quaternary nitrogens is 1. The highest BCUT2D eigenvalue weighted by molar-refractivity contribution is 5.65. The van der Waals surface area contributed by atoms with Gasteiger partial charge in [0.25, 0.3) is 0 Å². The SMILES string of the molecule is CC1NC(CCCCC2C#CCC3CC(C)(CCN3)NCC(O)(CC(=O)[O-])CCC(CO)C2)C([NH+]2CC=NC2)CC1O. The van der Waals surface area contributed by atoms with E-state index in [9.17, 15) is 25.2 Å². The number of nitrogens with zero attached hydrogens (tertiary/aromatic N) is 1. The van der Waals surface area contributed by atoms with Gasteiger partial charge < -0.3 is 46.1 Å². The van der Waals surface area contributed by atoms with Crippen LogP contribution in [0.25, 0.3) is 0 Å². The van der Waals surface area contributed by atoms with Gasteiger partial charge in [0.2, 0.25) is 0 Å². The Hall–Kier alpha value is -1.58. The van der Waals surface area contributed by atoms with Crippen LogP contribution in [0.5, 0.6) is 0 Å². The van der Waals surface area contributed by atoms with Gasteiger partial charge >= 0.3 is 0 Å². The van der Waals surface area contributed by atoms with E-state index in [1.807, 2.05) is 6.21 Å². The number of aliphatic hydroxyl groups is 3. The molecule has 4 aliphatic rings. The molecule has 0 saturated carbocycles. The second-order valence-corrected chi connectivity index (χ2v) is 14.0. The Kier molecular flexibility index (Phi) is 12.2. The Morgan fingerprint density at radius 1 is 1.24 bits per heavy atom. The fourth-order valence-electron chi connectivity index (χ4n) is 7.58. The van der Waals surface area contributed by atoms with Gasteiger partial charge in [0.1, 0.15) is 12.6 Å². The smallest absolute Gasteiger partial charge is 0.171 e. The van der Waals surface area contributed by atoms with Gasteiger partial charge in [-0.1, -0.05) is 18.8 Å². The Bertz CT molecular complexity index is 963. The highest BCUT2D eigenvalue weighted by Crippen LogP contribution is 2.29. The van der Waals surface area contributed by atoms with Crippen LogP contribution < -0.4 is 26.0 Å². The van der Waals surface area contributed by atoms with Gasteiger partial charge in [-0.3, -0.25) is 0 Å². The van der Waals surface area contributed by atoms with Crippen LogP contribution in [0.1, 0.15) is 90.9 Å². The fraction of sp³-hybridized carbons (Fsp3) is 0.875. The molecule has 0 aromatic carbocycles. The van der Waals surface area contributed by atoms with E-state index >= 15 is 0 Å². The van der Waals surface area contributed by atoms with Crippen molar-refractivity contribution >= 4 is 12.2 Å². The lowest BCUT2D eigenvalue weighted by atomic mass is 9.81. The maximum Gasteiger partial charge on any atom is 0.171 e. The number of carbonyl (C=O) groups is 1. The maximum atomic E-state index is 11.5. The predicted octanol–water partition coefficient (Wildman–Crippen LogP) is -1.27. The molecular formula is C32H55N5O5. The molecule has 0 aliphatic carbocycles. The molecule has 10 atom stereocenters. The number of aliphatic imine (C=N–C) groups is 1. The van der Waals surface area contributed by atoms with Gasteiger partial charge in [0.15, 0.2) is 6.67 Å². The van der Waals surface area contributed by atoms with E-state index in [-0.39, 0.29) is 48.7 Å². The third-order valence-electron chi connectivity index (χ3n) is 10.3. The second kappa shape index (κ2) is 15.4. The summed E-state index contributed by atoms with van der Waals surface area (Å²) in [5.74, 6) is 5.86.